The van der Waals surface area contributed by atoms with E-state index in [2.05, 4.69) is 35.1 Å². The van der Waals surface area contributed by atoms with Gasteiger partial charge in [0, 0.05) is 11.4 Å². The van der Waals surface area contributed by atoms with Crippen LogP contribution in [0.3, 0.4) is 0 Å². The van der Waals surface area contributed by atoms with E-state index in [1.54, 1.807) is 0 Å². The van der Waals surface area contributed by atoms with Crippen molar-refractivity contribution in [1.82, 2.24) is 5.32 Å². The standard InChI is InChI=1S/C11H15BrClNOS/c1-6(2)8(12)4-14-11(15)10-9(13)7(3)5-16-10/h5-6,8H,4H2,1-3H3,(H,14,15). The molecule has 0 bridgehead atoms. The van der Waals surface area contributed by atoms with Gasteiger partial charge in [0.15, 0.2) is 0 Å². The maximum atomic E-state index is 11.8. The van der Waals surface area contributed by atoms with Gasteiger partial charge in [-0.2, -0.15) is 0 Å². The van der Waals surface area contributed by atoms with Crippen molar-refractivity contribution >= 4 is 44.8 Å². The number of aryl methyl sites for hydroxylation is 1. The zero-order valence-corrected chi connectivity index (χ0v) is 12.7. The SMILES string of the molecule is Cc1csc(C(=O)NCC(Br)C(C)C)c1Cl. The van der Waals surface area contributed by atoms with Gasteiger partial charge in [0.25, 0.3) is 5.91 Å². The minimum Gasteiger partial charge on any atom is -0.350 e. The fourth-order valence-electron chi connectivity index (χ4n) is 1.09. The number of hydrogen-bond donors (Lipinski definition) is 1. The molecule has 1 rings (SSSR count). The molecule has 1 aromatic heterocycles. The zero-order valence-electron chi connectivity index (χ0n) is 9.51. The van der Waals surface area contributed by atoms with Crippen LogP contribution >= 0.6 is 38.9 Å². The second kappa shape index (κ2) is 6.03. The van der Waals surface area contributed by atoms with Crippen molar-refractivity contribution in [2.24, 2.45) is 5.92 Å². The first-order chi connectivity index (χ1) is 7.43. The summed E-state index contributed by atoms with van der Waals surface area (Å²) < 4.78 is 0. The van der Waals surface area contributed by atoms with Gasteiger partial charge in [0.1, 0.15) is 4.88 Å². The molecule has 0 aliphatic heterocycles. The summed E-state index contributed by atoms with van der Waals surface area (Å²) in [6.45, 7) is 6.72. The Morgan fingerprint density at radius 2 is 2.25 bits per heavy atom. The third-order valence-corrected chi connectivity index (χ3v) is 5.36. The summed E-state index contributed by atoms with van der Waals surface area (Å²) in [6.07, 6.45) is 0. The van der Waals surface area contributed by atoms with Crippen molar-refractivity contribution in [3.05, 3.63) is 20.8 Å². The molecule has 5 heteroatoms. The third-order valence-electron chi connectivity index (χ3n) is 2.29. The number of carbonyl (C=O) groups excluding carboxylic acids is 1. The number of amides is 1. The number of nitrogens with one attached hydrogen (secondary N) is 1. The van der Waals surface area contributed by atoms with Crippen LogP contribution in [0.25, 0.3) is 0 Å². The highest BCUT2D eigenvalue weighted by atomic mass is 79.9. The van der Waals surface area contributed by atoms with Gasteiger partial charge in [-0.15, -0.1) is 11.3 Å². The molecule has 1 unspecified atom stereocenters. The van der Waals surface area contributed by atoms with Crippen LogP contribution in [0.15, 0.2) is 5.38 Å². The predicted octanol–water partition coefficient (Wildman–Crippen LogP) is 3.86. The molecule has 0 radical (unpaired) electrons. The van der Waals surface area contributed by atoms with E-state index in [0.717, 1.165) is 5.56 Å². The van der Waals surface area contributed by atoms with Gasteiger partial charge in [0.05, 0.1) is 5.02 Å². The molecule has 1 aromatic rings. The summed E-state index contributed by atoms with van der Waals surface area (Å²) in [4.78, 5) is 12.7. The Bertz CT molecular complexity index is 378. The lowest BCUT2D eigenvalue weighted by molar-refractivity contribution is 0.0957. The number of alkyl halides is 1. The van der Waals surface area contributed by atoms with Gasteiger partial charge in [-0.05, 0) is 23.8 Å². The molecule has 0 saturated heterocycles. The van der Waals surface area contributed by atoms with E-state index >= 15 is 0 Å². The second-order valence-corrected chi connectivity index (χ2v) is 6.47. The molecule has 0 aliphatic rings. The average molecular weight is 325 g/mol. The second-order valence-electron chi connectivity index (χ2n) is 4.03. The number of thiophene rings is 1. The van der Waals surface area contributed by atoms with Crippen LogP contribution < -0.4 is 5.32 Å². The maximum absolute atomic E-state index is 11.8. The summed E-state index contributed by atoms with van der Waals surface area (Å²) in [5.74, 6) is 0.397. The van der Waals surface area contributed by atoms with E-state index in [9.17, 15) is 4.79 Å². The lowest BCUT2D eigenvalue weighted by Gasteiger charge is -2.14. The van der Waals surface area contributed by atoms with Crippen molar-refractivity contribution < 1.29 is 4.79 Å². The Hall–Kier alpha value is -0.0600. The molecule has 0 spiro atoms. The highest BCUT2D eigenvalue weighted by Crippen LogP contribution is 2.26. The van der Waals surface area contributed by atoms with E-state index in [-0.39, 0.29) is 10.7 Å². The molecule has 0 saturated carbocycles. The minimum atomic E-state index is -0.0896. The van der Waals surface area contributed by atoms with E-state index in [1.807, 2.05) is 12.3 Å². The van der Waals surface area contributed by atoms with Crippen LogP contribution in [0.1, 0.15) is 29.1 Å². The summed E-state index contributed by atoms with van der Waals surface area (Å²) in [7, 11) is 0. The molecule has 0 fully saturated rings. The van der Waals surface area contributed by atoms with Crippen LogP contribution in [0, 0.1) is 12.8 Å². The molecule has 90 valence electrons. The Morgan fingerprint density at radius 3 is 2.69 bits per heavy atom. The summed E-state index contributed by atoms with van der Waals surface area (Å²) in [6, 6.07) is 0. The van der Waals surface area contributed by atoms with Gasteiger partial charge in [-0.1, -0.05) is 41.4 Å². The quantitative estimate of drug-likeness (QED) is 0.837. The van der Waals surface area contributed by atoms with E-state index in [0.29, 0.717) is 22.4 Å². The first-order valence-corrected chi connectivity index (χ1v) is 7.26. The van der Waals surface area contributed by atoms with Crippen molar-refractivity contribution in [2.75, 3.05) is 6.54 Å². The lowest BCUT2D eigenvalue weighted by atomic mass is 10.1. The molecule has 2 nitrogen and oxygen atoms in total. The number of carbonyl (C=O) groups is 1. The fraction of sp³-hybridized carbons (Fsp3) is 0.545. The van der Waals surface area contributed by atoms with Gasteiger partial charge in [0.2, 0.25) is 0 Å². The van der Waals surface area contributed by atoms with Crippen molar-refractivity contribution in [3.63, 3.8) is 0 Å². The van der Waals surface area contributed by atoms with Gasteiger partial charge in [-0.25, -0.2) is 0 Å². The summed E-state index contributed by atoms with van der Waals surface area (Å²) >= 11 is 10.9. The maximum Gasteiger partial charge on any atom is 0.262 e. The molecule has 16 heavy (non-hydrogen) atoms. The molecular weight excluding hydrogens is 310 g/mol. The van der Waals surface area contributed by atoms with Crippen molar-refractivity contribution in [2.45, 2.75) is 25.6 Å². The van der Waals surface area contributed by atoms with Crippen molar-refractivity contribution in [3.8, 4) is 0 Å². The topological polar surface area (TPSA) is 29.1 Å². The Morgan fingerprint density at radius 1 is 1.62 bits per heavy atom. The monoisotopic (exact) mass is 323 g/mol. The van der Waals surface area contributed by atoms with Crippen LogP contribution in [-0.4, -0.2) is 17.3 Å². The van der Waals surface area contributed by atoms with Gasteiger partial charge in [-0.3, -0.25) is 4.79 Å². The van der Waals surface area contributed by atoms with E-state index in [1.165, 1.54) is 11.3 Å². The summed E-state index contributed by atoms with van der Waals surface area (Å²) in [5.41, 5.74) is 0.955. The first-order valence-electron chi connectivity index (χ1n) is 5.09. The fourth-order valence-corrected chi connectivity index (χ4v) is 2.45. The number of rotatable bonds is 4. The van der Waals surface area contributed by atoms with Gasteiger partial charge < -0.3 is 5.32 Å². The molecular formula is C11H15BrClNOS. The molecule has 1 N–H and O–H groups in total. The predicted molar refractivity (Wildman–Crippen MR) is 74.0 cm³/mol. The van der Waals surface area contributed by atoms with Crippen LogP contribution in [0.4, 0.5) is 0 Å². The highest BCUT2D eigenvalue weighted by molar-refractivity contribution is 9.09. The minimum absolute atomic E-state index is 0.0896. The smallest absolute Gasteiger partial charge is 0.262 e. The molecule has 1 amide bonds. The zero-order chi connectivity index (χ0) is 12.3. The van der Waals surface area contributed by atoms with Crippen molar-refractivity contribution in [1.29, 1.82) is 0 Å². The largest absolute Gasteiger partial charge is 0.350 e. The van der Waals surface area contributed by atoms with Crippen LogP contribution in [-0.2, 0) is 0 Å². The Balaban J connectivity index is 2.57. The Labute approximate surface area is 114 Å². The van der Waals surface area contributed by atoms with Crippen LogP contribution in [0.2, 0.25) is 5.02 Å². The highest BCUT2D eigenvalue weighted by Gasteiger charge is 2.16. The molecule has 1 heterocycles. The lowest BCUT2D eigenvalue weighted by Crippen LogP contribution is -2.31. The summed E-state index contributed by atoms with van der Waals surface area (Å²) in [5, 5.41) is 5.34. The molecule has 0 aliphatic carbocycles. The Kier molecular flexibility index (Phi) is 5.28. The van der Waals surface area contributed by atoms with E-state index in [4.69, 9.17) is 11.6 Å². The third kappa shape index (κ3) is 3.47. The van der Waals surface area contributed by atoms with Crippen LogP contribution in [0.5, 0.6) is 0 Å². The normalized spacial score (nSPS) is 12.9. The number of hydrogen-bond acceptors (Lipinski definition) is 2. The molecule has 1 atom stereocenters. The van der Waals surface area contributed by atoms with E-state index < -0.39 is 0 Å². The van der Waals surface area contributed by atoms with Gasteiger partial charge >= 0.3 is 0 Å². The first kappa shape index (κ1) is 14.0. The number of halogens is 2. The molecule has 0 aromatic carbocycles. The average Bonchev–Trinajstić information content (AvgIpc) is 2.55.